The molecule has 1 aromatic rings. The fraction of sp³-hybridized carbons (Fsp3) is 0.850. The molecule has 0 amide bonds. The number of rotatable bonds is 25. The molecule has 0 aliphatic carbocycles. The second kappa shape index (κ2) is 22.7. The smallest absolute Gasteiger partial charge is 0.244 e. The highest BCUT2D eigenvalue weighted by molar-refractivity contribution is 7.89. The molecule has 10 unspecified atom stereocenters. The van der Waals surface area contributed by atoms with Crippen LogP contribution in [0.1, 0.15) is 93.1 Å². The maximum atomic E-state index is 12.9. The van der Waals surface area contributed by atoms with Crippen molar-refractivity contribution in [1.82, 2.24) is 19.8 Å². The van der Waals surface area contributed by atoms with E-state index in [2.05, 4.69) is 19.8 Å². The number of benzene rings is 1. The van der Waals surface area contributed by atoms with Gasteiger partial charge in [-0.25, -0.2) is 8.42 Å². The van der Waals surface area contributed by atoms with Crippen molar-refractivity contribution in [1.29, 1.82) is 0 Å². The Labute approximate surface area is 331 Å². The zero-order valence-corrected chi connectivity index (χ0v) is 36.1. The van der Waals surface area contributed by atoms with Crippen LogP contribution in [-0.2, 0) is 19.5 Å². The highest BCUT2D eigenvalue weighted by atomic mass is 32.2. The van der Waals surface area contributed by atoms with Crippen molar-refractivity contribution in [3.8, 4) is 0 Å². The molecule has 1 aliphatic heterocycles. The Morgan fingerprint density at radius 3 is 2.24 bits per heavy atom. The first-order valence-electron chi connectivity index (χ1n) is 20.1. The molecule has 55 heavy (non-hydrogen) atoms. The lowest BCUT2D eigenvalue weighted by Gasteiger charge is -2.45. The summed E-state index contributed by atoms with van der Waals surface area (Å²) in [6.45, 7) is 17.5. The molecule has 0 aromatic heterocycles. The minimum Gasteiger partial charge on any atom is -0.396 e. The Kier molecular flexibility index (Phi) is 20.6. The van der Waals surface area contributed by atoms with Gasteiger partial charge in [0.15, 0.2) is 12.6 Å². The lowest BCUT2D eigenvalue weighted by atomic mass is 9.78. The van der Waals surface area contributed by atoms with Gasteiger partial charge in [0.05, 0.1) is 41.0 Å². The van der Waals surface area contributed by atoms with E-state index >= 15 is 0 Å². The molecule has 2 rings (SSSR count). The van der Waals surface area contributed by atoms with Crippen LogP contribution in [0.4, 0.5) is 0 Å². The summed E-state index contributed by atoms with van der Waals surface area (Å²) in [5.74, 6) is -1.56. The molecule has 0 spiro atoms. The Morgan fingerprint density at radius 1 is 1.02 bits per heavy atom. The molecule has 0 saturated carbocycles. The van der Waals surface area contributed by atoms with Gasteiger partial charge in [-0.1, -0.05) is 52.8 Å². The molecule has 1 saturated heterocycles. The normalized spacial score (nSPS) is 25.0. The van der Waals surface area contributed by atoms with Crippen LogP contribution in [0.3, 0.4) is 0 Å². The molecule has 0 bridgehead atoms. The summed E-state index contributed by atoms with van der Waals surface area (Å²) in [5, 5.41) is 68.7. The third kappa shape index (κ3) is 15.1. The first-order valence-corrected chi connectivity index (χ1v) is 21.6. The van der Waals surface area contributed by atoms with Crippen molar-refractivity contribution in [2.45, 2.75) is 160 Å². The van der Waals surface area contributed by atoms with Crippen molar-refractivity contribution < 1.29 is 48.5 Å². The van der Waals surface area contributed by atoms with E-state index in [1.807, 2.05) is 55.6 Å². The standard InChI is InChI=1S/C40H76N4O10S/c1-12-33(46)29(6)37(48)31(8)44(19-15-18-41-39(49)42-55(51,52)34-17-14-13-16-26(34)3)23-25(2)22-40(9,50)38(30(7)36(47)27(4)24-45)54-35-21-32(43(10)11)20-28(5)53-35/h13-14,16-17,25,27-33,35-39,41-42,45-50H,12,15,18-24H2,1-11H3/t25-,27?,28?,29+,30?,31?,32?,33?,35-,36?,37?,38?,39?,40-/m0/s1. The summed E-state index contributed by atoms with van der Waals surface area (Å²) in [5.41, 5.74) is -0.884. The number of ether oxygens (including phenoxy) is 2. The van der Waals surface area contributed by atoms with Crippen LogP contribution in [-0.4, -0.2) is 150 Å². The van der Waals surface area contributed by atoms with E-state index in [-0.39, 0.29) is 42.5 Å². The largest absolute Gasteiger partial charge is 0.396 e. The average Bonchev–Trinajstić information content (AvgIpc) is 3.12. The van der Waals surface area contributed by atoms with Gasteiger partial charge in [-0.15, -0.1) is 0 Å². The number of nitrogens with one attached hydrogen (secondary N) is 2. The van der Waals surface area contributed by atoms with Crippen molar-refractivity contribution in [2.75, 3.05) is 40.3 Å². The molecule has 14 atom stereocenters. The maximum Gasteiger partial charge on any atom is 0.244 e. The van der Waals surface area contributed by atoms with Crippen molar-refractivity contribution >= 4 is 10.0 Å². The quantitative estimate of drug-likeness (QED) is 0.0529. The Bertz CT molecular complexity index is 1360. The number of hydrogen-bond acceptors (Lipinski definition) is 13. The van der Waals surface area contributed by atoms with Crippen LogP contribution in [0.2, 0.25) is 0 Å². The van der Waals surface area contributed by atoms with Crippen LogP contribution in [0, 0.1) is 30.6 Å². The fourth-order valence-electron chi connectivity index (χ4n) is 8.02. The van der Waals surface area contributed by atoms with Gasteiger partial charge in [-0.05, 0) is 98.1 Å². The van der Waals surface area contributed by atoms with Gasteiger partial charge >= 0.3 is 0 Å². The highest BCUT2D eigenvalue weighted by Gasteiger charge is 2.45. The van der Waals surface area contributed by atoms with E-state index < -0.39 is 76.5 Å². The van der Waals surface area contributed by atoms with Crippen LogP contribution in [0.15, 0.2) is 29.2 Å². The molecule has 1 heterocycles. The molecule has 8 N–H and O–H groups in total. The van der Waals surface area contributed by atoms with Crippen molar-refractivity contribution in [2.24, 2.45) is 23.7 Å². The topological polar surface area (TPSA) is 205 Å². The Morgan fingerprint density at radius 2 is 1.65 bits per heavy atom. The van der Waals surface area contributed by atoms with E-state index in [0.717, 1.165) is 6.42 Å². The number of aliphatic hydroxyl groups excluding tert-OH is 5. The van der Waals surface area contributed by atoms with Gasteiger partial charge < -0.3 is 45.0 Å². The summed E-state index contributed by atoms with van der Waals surface area (Å²) in [4.78, 5) is 4.31. The van der Waals surface area contributed by atoms with Crippen LogP contribution >= 0.6 is 0 Å². The number of aliphatic hydroxyl groups is 6. The van der Waals surface area contributed by atoms with Crippen LogP contribution in [0.5, 0.6) is 0 Å². The lowest BCUT2D eigenvalue weighted by Crippen LogP contribution is -2.55. The predicted octanol–water partition coefficient (Wildman–Crippen LogP) is 2.23. The van der Waals surface area contributed by atoms with Crippen LogP contribution in [0.25, 0.3) is 0 Å². The second-order valence-electron chi connectivity index (χ2n) is 16.9. The molecular weight excluding hydrogens is 729 g/mol. The zero-order chi connectivity index (χ0) is 41.8. The van der Waals surface area contributed by atoms with E-state index in [1.165, 1.54) is 6.07 Å². The molecule has 1 fully saturated rings. The Balaban J connectivity index is 2.25. The predicted molar refractivity (Wildman–Crippen MR) is 214 cm³/mol. The van der Waals surface area contributed by atoms with E-state index in [1.54, 1.807) is 39.0 Å². The first-order chi connectivity index (χ1) is 25.6. The number of sulfonamides is 1. The number of nitrogens with zero attached hydrogens (tertiary/aromatic N) is 2. The van der Waals surface area contributed by atoms with Crippen molar-refractivity contribution in [3.63, 3.8) is 0 Å². The van der Waals surface area contributed by atoms with E-state index in [4.69, 9.17) is 9.47 Å². The second-order valence-corrected chi connectivity index (χ2v) is 18.5. The summed E-state index contributed by atoms with van der Waals surface area (Å²) in [6.07, 6.45) is -2.89. The third-order valence-corrected chi connectivity index (χ3v) is 13.1. The molecule has 14 nitrogen and oxygen atoms in total. The minimum atomic E-state index is -3.97. The lowest BCUT2D eigenvalue weighted by molar-refractivity contribution is -0.267. The van der Waals surface area contributed by atoms with E-state index in [9.17, 15) is 39.1 Å². The third-order valence-electron chi connectivity index (χ3n) is 11.5. The maximum absolute atomic E-state index is 12.9. The molecule has 1 aromatic carbocycles. The monoisotopic (exact) mass is 805 g/mol. The van der Waals surface area contributed by atoms with Crippen LogP contribution < -0.4 is 10.0 Å². The molecule has 1 aliphatic rings. The molecular formula is C40H76N4O10S. The van der Waals surface area contributed by atoms with Gasteiger partial charge in [-0.2, -0.15) is 4.72 Å². The summed E-state index contributed by atoms with van der Waals surface area (Å²) < 4.78 is 40.8. The highest BCUT2D eigenvalue weighted by Crippen LogP contribution is 2.35. The summed E-state index contributed by atoms with van der Waals surface area (Å²) in [6, 6.07) is 6.33. The minimum absolute atomic E-state index is 0.0637. The molecule has 322 valence electrons. The first kappa shape index (κ1) is 49.8. The van der Waals surface area contributed by atoms with Gasteiger partial charge in [0.2, 0.25) is 10.0 Å². The van der Waals surface area contributed by atoms with Gasteiger partial charge in [0.25, 0.3) is 0 Å². The van der Waals surface area contributed by atoms with Gasteiger partial charge in [0.1, 0.15) is 0 Å². The Hall–Kier alpha value is -1.31. The number of hydrogen-bond donors (Lipinski definition) is 8. The average molecular weight is 805 g/mol. The summed E-state index contributed by atoms with van der Waals surface area (Å²) in [7, 11) is 0.0681. The molecule has 0 radical (unpaired) electrons. The molecule has 15 heteroatoms. The SMILES string of the molecule is CCC(O)[C@@H](C)C(O)C(C)N(CCCNC(O)NS(=O)(=O)c1ccccc1C)C[C@@H](C)C[C@](C)(O)C(O[C@H]1CC(N(C)C)CC(C)O1)C(C)C(O)C(C)CO. The van der Waals surface area contributed by atoms with Crippen molar-refractivity contribution in [3.05, 3.63) is 29.8 Å². The fourth-order valence-corrected chi connectivity index (χ4v) is 9.27. The van der Waals surface area contributed by atoms with E-state index in [0.29, 0.717) is 37.9 Å². The number of aryl methyl sites for hydroxylation is 1. The zero-order valence-electron chi connectivity index (χ0n) is 35.3. The summed E-state index contributed by atoms with van der Waals surface area (Å²) >= 11 is 0. The van der Waals surface area contributed by atoms with Gasteiger partial charge in [0, 0.05) is 49.4 Å². The van der Waals surface area contributed by atoms with Gasteiger partial charge in [-0.3, -0.25) is 10.2 Å².